The number of hydrogen-bond acceptors (Lipinski definition) is 3. The Morgan fingerprint density at radius 3 is 2.46 bits per heavy atom. The van der Waals surface area contributed by atoms with Crippen molar-refractivity contribution in [1.82, 2.24) is 14.9 Å². The van der Waals surface area contributed by atoms with E-state index in [1.165, 1.54) is 0 Å². The lowest BCUT2D eigenvalue weighted by Gasteiger charge is -2.26. The second kappa shape index (κ2) is 9.22. The molecule has 0 saturated heterocycles. The third-order valence-electron chi connectivity index (χ3n) is 5.36. The maximum absolute atomic E-state index is 12.4. The van der Waals surface area contributed by atoms with E-state index in [-0.39, 0.29) is 24.4 Å². The maximum Gasteiger partial charge on any atom is 0.220 e. The molecular formula is C22H27ClN4O. The predicted molar refractivity (Wildman–Crippen MR) is 115 cm³/mol. The van der Waals surface area contributed by atoms with Crippen LogP contribution in [0.1, 0.15) is 37.9 Å². The monoisotopic (exact) mass is 398 g/mol. The number of aromatic nitrogens is 2. The molecule has 0 aliphatic heterocycles. The Balaban J connectivity index is 0.00000225. The number of hydrogen-bond donors (Lipinski definition) is 2. The Hall–Kier alpha value is -2.37. The largest absolute Gasteiger partial charge is 0.353 e. The number of nitrogens with zero attached hydrogens (tertiary/aromatic N) is 2. The van der Waals surface area contributed by atoms with Crippen molar-refractivity contribution in [2.24, 2.45) is 5.73 Å². The van der Waals surface area contributed by atoms with Crippen molar-refractivity contribution in [3.63, 3.8) is 0 Å². The normalized spacial score (nSPS) is 19.2. The number of nitrogens with one attached hydrogen (secondary N) is 1. The number of imidazole rings is 1. The second-order valence-electron chi connectivity index (χ2n) is 7.37. The Kier molecular flexibility index (Phi) is 6.70. The van der Waals surface area contributed by atoms with Crippen molar-refractivity contribution in [1.29, 1.82) is 0 Å². The van der Waals surface area contributed by atoms with Crippen LogP contribution in [0.4, 0.5) is 0 Å². The van der Waals surface area contributed by atoms with Crippen molar-refractivity contribution in [2.75, 3.05) is 0 Å². The third kappa shape index (κ3) is 4.54. The third-order valence-corrected chi connectivity index (χ3v) is 5.36. The molecule has 1 aliphatic rings. The molecule has 1 heterocycles. The molecule has 3 N–H and O–H groups in total. The first-order valence-electron chi connectivity index (χ1n) is 9.77. The van der Waals surface area contributed by atoms with Gasteiger partial charge >= 0.3 is 0 Å². The highest BCUT2D eigenvalue weighted by Crippen LogP contribution is 2.22. The van der Waals surface area contributed by atoms with Crippen LogP contribution < -0.4 is 11.1 Å². The smallest absolute Gasteiger partial charge is 0.220 e. The lowest BCUT2D eigenvalue weighted by molar-refractivity contribution is -0.122. The fraction of sp³-hybridized carbons (Fsp3) is 0.364. The molecular weight excluding hydrogens is 372 g/mol. The van der Waals surface area contributed by atoms with Crippen LogP contribution in [0.3, 0.4) is 0 Å². The number of aryl methyl sites for hydroxylation is 1. The summed E-state index contributed by atoms with van der Waals surface area (Å²) in [6, 6.07) is 18.9. The molecule has 0 atom stereocenters. The first-order valence-corrected chi connectivity index (χ1v) is 9.77. The number of rotatable bonds is 5. The zero-order valence-electron chi connectivity index (χ0n) is 15.9. The molecule has 1 saturated carbocycles. The molecule has 28 heavy (non-hydrogen) atoms. The molecule has 3 aromatic rings. The molecule has 0 unspecified atom stereocenters. The van der Waals surface area contributed by atoms with Crippen molar-refractivity contribution >= 4 is 29.3 Å². The minimum Gasteiger partial charge on any atom is -0.353 e. The molecule has 0 radical (unpaired) electrons. The standard InChI is InChI=1S/C22H26N4O.ClH/c23-16-10-12-17(13-11-16)24-22(27)15-14-21-25-19-8-4-5-9-20(19)26(21)18-6-2-1-3-7-18;/h1-9,16-17H,10-15,23H2,(H,24,27);1H. The second-order valence-corrected chi connectivity index (χ2v) is 7.37. The minimum atomic E-state index is 0. The van der Waals surface area contributed by atoms with E-state index in [4.69, 9.17) is 10.7 Å². The summed E-state index contributed by atoms with van der Waals surface area (Å²) in [7, 11) is 0. The molecule has 0 bridgehead atoms. The van der Waals surface area contributed by atoms with E-state index in [9.17, 15) is 4.79 Å². The summed E-state index contributed by atoms with van der Waals surface area (Å²) in [5.74, 6) is 1.02. The molecule has 5 nitrogen and oxygen atoms in total. The molecule has 1 fully saturated rings. The lowest BCUT2D eigenvalue weighted by Crippen LogP contribution is -2.40. The number of benzene rings is 2. The molecule has 148 valence electrons. The Morgan fingerprint density at radius 2 is 1.71 bits per heavy atom. The van der Waals surface area contributed by atoms with E-state index in [2.05, 4.69) is 28.1 Å². The summed E-state index contributed by atoms with van der Waals surface area (Å²) in [5, 5.41) is 3.17. The van der Waals surface area contributed by atoms with Gasteiger partial charge in [0, 0.05) is 30.6 Å². The van der Waals surface area contributed by atoms with Crippen LogP contribution in [-0.4, -0.2) is 27.5 Å². The van der Waals surface area contributed by atoms with Crippen LogP contribution in [0.2, 0.25) is 0 Å². The summed E-state index contributed by atoms with van der Waals surface area (Å²) in [4.78, 5) is 17.2. The first-order chi connectivity index (χ1) is 13.2. The van der Waals surface area contributed by atoms with Gasteiger partial charge in [-0.05, 0) is 49.9 Å². The number of fused-ring (bicyclic) bond motifs is 1. The van der Waals surface area contributed by atoms with Crippen molar-refractivity contribution < 1.29 is 4.79 Å². The average molecular weight is 399 g/mol. The van der Waals surface area contributed by atoms with Crippen LogP contribution in [0.25, 0.3) is 16.7 Å². The van der Waals surface area contributed by atoms with Gasteiger partial charge in [0.1, 0.15) is 5.82 Å². The molecule has 6 heteroatoms. The predicted octanol–water partition coefficient (Wildman–Crippen LogP) is 3.77. The summed E-state index contributed by atoms with van der Waals surface area (Å²) in [6.45, 7) is 0. The van der Waals surface area contributed by atoms with E-state index in [0.29, 0.717) is 18.9 Å². The topological polar surface area (TPSA) is 72.9 Å². The fourth-order valence-corrected chi connectivity index (χ4v) is 3.90. The van der Waals surface area contributed by atoms with Crippen LogP contribution in [-0.2, 0) is 11.2 Å². The maximum atomic E-state index is 12.4. The first kappa shape index (κ1) is 20.4. The van der Waals surface area contributed by atoms with Gasteiger partial charge in [-0.3, -0.25) is 9.36 Å². The number of amides is 1. The van der Waals surface area contributed by atoms with Gasteiger partial charge in [0.2, 0.25) is 5.91 Å². The van der Waals surface area contributed by atoms with Crippen LogP contribution in [0.5, 0.6) is 0 Å². The van der Waals surface area contributed by atoms with Gasteiger partial charge in [0.15, 0.2) is 0 Å². The highest BCUT2D eigenvalue weighted by molar-refractivity contribution is 5.85. The zero-order valence-corrected chi connectivity index (χ0v) is 16.7. The van der Waals surface area contributed by atoms with Crippen molar-refractivity contribution in [3.05, 3.63) is 60.4 Å². The number of carbonyl (C=O) groups is 1. The summed E-state index contributed by atoms with van der Waals surface area (Å²) < 4.78 is 2.16. The van der Waals surface area contributed by atoms with Crippen molar-refractivity contribution in [2.45, 2.75) is 50.6 Å². The van der Waals surface area contributed by atoms with Gasteiger partial charge in [-0.25, -0.2) is 4.98 Å². The lowest BCUT2D eigenvalue weighted by atomic mass is 9.92. The zero-order chi connectivity index (χ0) is 18.6. The summed E-state index contributed by atoms with van der Waals surface area (Å²) in [5.41, 5.74) is 9.05. The minimum absolute atomic E-state index is 0. The highest BCUT2D eigenvalue weighted by Gasteiger charge is 2.20. The molecule has 4 rings (SSSR count). The van der Waals surface area contributed by atoms with Gasteiger partial charge in [-0.1, -0.05) is 30.3 Å². The molecule has 1 aliphatic carbocycles. The van der Waals surface area contributed by atoms with Gasteiger partial charge in [-0.15, -0.1) is 12.4 Å². The van der Waals surface area contributed by atoms with Crippen molar-refractivity contribution in [3.8, 4) is 5.69 Å². The van der Waals surface area contributed by atoms with E-state index in [1.807, 2.05) is 36.4 Å². The SMILES string of the molecule is Cl.NC1CCC(NC(=O)CCc2nc3ccccc3n2-c2ccccc2)CC1. The van der Waals surface area contributed by atoms with Crippen LogP contribution >= 0.6 is 12.4 Å². The Labute approximate surface area is 171 Å². The number of nitrogens with two attached hydrogens (primary N) is 1. The Morgan fingerprint density at radius 1 is 1.04 bits per heavy atom. The summed E-state index contributed by atoms with van der Waals surface area (Å²) in [6.07, 6.45) is 5.01. The molecule has 1 amide bonds. The van der Waals surface area contributed by atoms with Gasteiger partial charge in [0.05, 0.1) is 11.0 Å². The molecule has 0 spiro atoms. The highest BCUT2D eigenvalue weighted by atomic mass is 35.5. The number of para-hydroxylation sites is 3. The summed E-state index contributed by atoms with van der Waals surface area (Å²) >= 11 is 0. The van der Waals surface area contributed by atoms with E-state index >= 15 is 0 Å². The molecule has 2 aromatic carbocycles. The van der Waals surface area contributed by atoms with Gasteiger partial charge < -0.3 is 11.1 Å². The van der Waals surface area contributed by atoms with E-state index < -0.39 is 0 Å². The van der Waals surface area contributed by atoms with Crippen LogP contribution in [0.15, 0.2) is 54.6 Å². The molecule has 1 aromatic heterocycles. The Bertz CT molecular complexity index is 917. The van der Waals surface area contributed by atoms with Gasteiger partial charge in [0.25, 0.3) is 0 Å². The van der Waals surface area contributed by atoms with E-state index in [0.717, 1.165) is 48.2 Å². The fourth-order valence-electron chi connectivity index (χ4n) is 3.90. The average Bonchev–Trinajstić information content (AvgIpc) is 3.07. The number of carbonyl (C=O) groups excluding carboxylic acids is 1. The number of halogens is 1. The van der Waals surface area contributed by atoms with E-state index in [1.54, 1.807) is 0 Å². The quantitative estimate of drug-likeness (QED) is 0.687. The van der Waals surface area contributed by atoms with Gasteiger partial charge in [-0.2, -0.15) is 0 Å². The van der Waals surface area contributed by atoms with Crippen LogP contribution in [0, 0.1) is 0 Å².